The molecule has 3 N–H and O–H groups in total. The second kappa shape index (κ2) is 5.15. The van der Waals surface area contributed by atoms with Gasteiger partial charge in [-0.25, -0.2) is 14.2 Å². The number of carbonyl (C=O) groups excluding carboxylic acids is 2. The minimum atomic E-state index is -1.19. The molecule has 0 aliphatic heterocycles. The molecule has 0 spiro atoms. The number of hydrogen-bond donors (Lipinski definition) is 2. The lowest BCUT2D eigenvalue weighted by Crippen LogP contribution is -2.33. The van der Waals surface area contributed by atoms with Crippen molar-refractivity contribution in [3.63, 3.8) is 0 Å². The Morgan fingerprint density at radius 3 is 2.47 bits per heavy atom. The number of benzene rings is 1. The molecular weight excluding hydrogens is 232 g/mol. The Morgan fingerprint density at radius 1 is 1.29 bits per heavy atom. The zero-order chi connectivity index (χ0) is 13.0. The van der Waals surface area contributed by atoms with Crippen molar-refractivity contribution in [3.8, 4) is 0 Å². The van der Waals surface area contributed by atoms with Gasteiger partial charge in [-0.1, -0.05) is 0 Å². The molecule has 7 heteroatoms. The van der Waals surface area contributed by atoms with Gasteiger partial charge in [-0.15, -0.1) is 0 Å². The van der Waals surface area contributed by atoms with E-state index in [4.69, 9.17) is 0 Å². The minimum absolute atomic E-state index is 0.207. The first-order chi connectivity index (χ1) is 7.91. The highest BCUT2D eigenvalue weighted by molar-refractivity contribution is 6.34. The third-order valence-electron chi connectivity index (χ3n) is 1.89. The summed E-state index contributed by atoms with van der Waals surface area (Å²) in [6.45, 7) is 1.45. The van der Waals surface area contributed by atoms with Gasteiger partial charge in [0.25, 0.3) is 0 Å². The average Bonchev–Trinajstić information content (AvgIpc) is 2.28. The van der Waals surface area contributed by atoms with E-state index in [2.05, 4.69) is 10.8 Å². The van der Waals surface area contributed by atoms with Crippen LogP contribution < -0.4 is 11.2 Å². The van der Waals surface area contributed by atoms with Crippen LogP contribution >= 0.6 is 0 Å². The van der Waals surface area contributed by atoms with Crippen LogP contribution in [0.5, 0.6) is 0 Å². The van der Waals surface area contributed by atoms with Crippen LogP contribution in [0, 0.1) is 11.6 Å². The van der Waals surface area contributed by atoms with Crippen LogP contribution in [0.4, 0.5) is 8.78 Å². The van der Waals surface area contributed by atoms with Gasteiger partial charge in [-0.2, -0.15) is 5.10 Å². The second-order valence-electron chi connectivity index (χ2n) is 3.13. The molecule has 0 saturated carbocycles. The van der Waals surface area contributed by atoms with Crippen molar-refractivity contribution in [1.82, 2.24) is 5.43 Å². The maximum atomic E-state index is 12.9. The molecule has 1 aromatic rings. The Balaban J connectivity index is 2.85. The number of carbonyl (C=O) groups is 2. The van der Waals surface area contributed by atoms with E-state index in [-0.39, 0.29) is 11.3 Å². The quantitative estimate of drug-likeness (QED) is 0.443. The summed E-state index contributed by atoms with van der Waals surface area (Å²) in [5, 5.41) is 3.51. The number of nitrogens with zero attached hydrogens (tertiary/aromatic N) is 1. The lowest BCUT2D eigenvalue weighted by atomic mass is 10.1. The third-order valence-corrected chi connectivity index (χ3v) is 1.89. The van der Waals surface area contributed by atoms with Gasteiger partial charge in [-0.3, -0.25) is 9.59 Å². The summed E-state index contributed by atoms with van der Waals surface area (Å²) in [4.78, 5) is 21.2. The molecule has 5 nitrogen and oxygen atoms in total. The normalized spacial score (nSPS) is 11.1. The Morgan fingerprint density at radius 2 is 1.94 bits per heavy atom. The molecule has 0 radical (unpaired) electrons. The second-order valence-corrected chi connectivity index (χ2v) is 3.13. The average molecular weight is 241 g/mol. The van der Waals surface area contributed by atoms with E-state index in [1.807, 2.05) is 5.43 Å². The summed E-state index contributed by atoms with van der Waals surface area (Å²) < 4.78 is 25.5. The van der Waals surface area contributed by atoms with Gasteiger partial charge in [-0.05, 0) is 25.1 Å². The topological polar surface area (TPSA) is 84.6 Å². The molecule has 0 atom stereocenters. The van der Waals surface area contributed by atoms with Crippen LogP contribution in [0.2, 0.25) is 0 Å². The SMILES string of the molecule is C/C(=N\NC(=O)C(N)=O)c1ccc(F)c(F)c1. The van der Waals surface area contributed by atoms with Crippen LogP contribution in [0.15, 0.2) is 23.3 Å². The van der Waals surface area contributed by atoms with Crippen molar-refractivity contribution in [3.05, 3.63) is 35.4 Å². The van der Waals surface area contributed by atoms with Crippen molar-refractivity contribution >= 4 is 17.5 Å². The van der Waals surface area contributed by atoms with Crippen LogP contribution in [0.25, 0.3) is 0 Å². The molecule has 0 aliphatic rings. The van der Waals surface area contributed by atoms with Gasteiger partial charge in [0.05, 0.1) is 5.71 Å². The minimum Gasteiger partial charge on any atom is -0.361 e. The first-order valence-corrected chi connectivity index (χ1v) is 4.51. The molecule has 1 rings (SSSR count). The molecule has 90 valence electrons. The highest BCUT2D eigenvalue weighted by Gasteiger charge is 2.08. The lowest BCUT2D eigenvalue weighted by molar-refractivity contribution is -0.137. The number of hydrogen-bond acceptors (Lipinski definition) is 3. The molecule has 0 saturated heterocycles. The first kappa shape index (κ1) is 12.8. The van der Waals surface area contributed by atoms with Crippen LogP contribution in [0.1, 0.15) is 12.5 Å². The maximum absolute atomic E-state index is 12.9. The maximum Gasteiger partial charge on any atom is 0.329 e. The lowest BCUT2D eigenvalue weighted by Gasteiger charge is -2.02. The van der Waals surface area contributed by atoms with Crippen molar-refractivity contribution in [2.45, 2.75) is 6.92 Å². The predicted octanol–water partition coefficient (Wildman–Crippen LogP) is 0.290. The number of hydrazone groups is 1. The van der Waals surface area contributed by atoms with E-state index in [9.17, 15) is 18.4 Å². The highest BCUT2D eigenvalue weighted by Crippen LogP contribution is 2.09. The molecule has 0 unspecified atom stereocenters. The van der Waals surface area contributed by atoms with E-state index in [1.54, 1.807) is 0 Å². The predicted molar refractivity (Wildman–Crippen MR) is 55.9 cm³/mol. The van der Waals surface area contributed by atoms with E-state index in [0.717, 1.165) is 12.1 Å². The smallest absolute Gasteiger partial charge is 0.329 e. The van der Waals surface area contributed by atoms with Gasteiger partial charge < -0.3 is 5.73 Å². The van der Waals surface area contributed by atoms with Crippen LogP contribution in [-0.4, -0.2) is 17.5 Å². The van der Waals surface area contributed by atoms with E-state index >= 15 is 0 Å². The number of rotatable bonds is 2. The van der Waals surface area contributed by atoms with Gasteiger partial charge in [0.15, 0.2) is 11.6 Å². The van der Waals surface area contributed by atoms with E-state index in [1.165, 1.54) is 13.0 Å². The summed E-state index contributed by atoms with van der Waals surface area (Å²) in [7, 11) is 0. The molecule has 0 bridgehead atoms. The Hall–Kier alpha value is -2.31. The van der Waals surface area contributed by atoms with Crippen LogP contribution in [0.3, 0.4) is 0 Å². The number of amides is 2. The molecule has 0 aromatic heterocycles. The zero-order valence-corrected chi connectivity index (χ0v) is 8.83. The largest absolute Gasteiger partial charge is 0.361 e. The molecule has 0 heterocycles. The Labute approximate surface area is 95.3 Å². The molecular formula is C10H9F2N3O2. The van der Waals surface area contributed by atoms with Gasteiger partial charge >= 0.3 is 11.8 Å². The fourth-order valence-corrected chi connectivity index (χ4v) is 0.975. The molecule has 0 fully saturated rings. The number of nitrogens with one attached hydrogen (secondary N) is 1. The summed E-state index contributed by atoms with van der Waals surface area (Å²) in [5.41, 5.74) is 7.03. The third kappa shape index (κ3) is 3.33. The Bertz CT molecular complexity index is 500. The first-order valence-electron chi connectivity index (χ1n) is 4.51. The van der Waals surface area contributed by atoms with Gasteiger partial charge in [0.2, 0.25) is 0 Å². The molecule has 2 amide bonds. The summed E-state index contributed by atoms with van der Waals surface area (Å²) in [5.74, 6) is -4.29. The van der Waals surface area contributed by atoms with Crippen molar-refractivity contribution in [1.29, 1.82) is 0 Å². The zero-order valence-electron chi connectivity index (χ0n) is 8.83. The monoisotopic (exact) mass is 241 g/mol. The molecule has 0 aliphatic carbocycles. The molecule has 17 heavy (non-hydrogen) atoms. The van der Waals surface area contributed by atoms with Gasteiger partial charge in [0, 0.05) is 5.56 Å². The van der Waals surface area contributed by atoms with E-state index in [0.29, 0.717) is 0 Å². The summed E-state index contributed by atoms with van der Waals surface area (Å²) in [6.07, 6.45) is 0. The fourth-order valence-electron chi connectivity index (χ4n) is 0.975. The number of primary amides is 1. The summed E-state index contributed by atoms with van der Waals surface area (Å²) in [6, 6.07) is 3.14. The van der Waals surface area contributed by atoms with Crippen molar-refractivity contribution in [2.24, 2.45) is 10.8 Å². The summed E-state index contributed by atoms with van der Waals surface area (Å²) >= 11 is 0. The highest BCUT2D eigenvalue weighted by atomic mass is 19.2. The van der Waals surface area contributed by atoms with Crippen molar-refractivity contribution < 1.29 is 18.4 Å². The van der Waals surface area contributed by atoms with Gasteiger partial charge in [0.1, 0.15) is 0 Å². The Kier molecular flexibility index (Phi) is 3.86. The van der Waals surface area contributed by atoms with Crippen molar-refractivity contribution in [2.75, 3.05) is 0 Å². The fraction of sp³-hybridized carbons (Fsp3) is 0.100. The standard InChI is InChI=1S/C10H9F2N3O2/c1-5(14-15-10(17)9(13)16)6-2-3-7(11)8(12)4-6/h2-4H,1H3,(H2,13,16)(H,15,17)/b14-5+. The number of nitrogens with two attached hydrogens (primary N) is 1. The number of halogens is 2. The molecule has 1 aromatic carbocycles. The van der Waals surface area contributed by atoms with E-state index < -0.39 is 23.4 Å². The van der Waals surface area contributed by atoms with Crippen LogP contribution in [-0.2, 0) is 9.59 Å².